The zero-order chi connectivity index (χ0) is 22.9. The predicted octanol–water partition coefficient (Wildman–Crippen LogP) is 6.52. The van der Waals surface area contributed by atoms with Gasteiger partial charge in [0.15, 0.2) is 0 Å². The molecule has 1 amide bonds. The van der Waals surface area contributed by atoms with Gasteiger partial charge in [0.2, 0.25) is 0 Å². The molecule has 32 heavy (non-hydrogen) atoms. The second-order valence-corrected chi connectivity index (χ2v) is 9.44. The van der Waals surface area contributed by atoms with Gasteiger partial charge in [0.05, 0.1) is 11.6 Å². The van der Waals surface area contributed by atoms with Crippen LogP contribution in [-0.4, -0.2) is 33.3 Å². The van der Waals surface area contributed by atoms with Gasteiger partial charge < -0.3 is 10.0 Å². The van der Waals surface area contributed by atoms with Crippen LogP contribution in [0.2, 0.25) is 10.0 Å². The minimum absolute atomic E-state index is 0.119. The average Bonchev–Trinajstić information content (AvgIpc) is 3.03. The number of benzene rings is 2. The molecule has 1 unspecified atom stereocenters. The molecule has 0 saturated heterocycles. The zero-order valence-electron chi connectivity index (χ0n) is 18.0. The van der Waals surface area contributed by atoms with E-state index in [2.05, 4.69) is 6.92 Å². The molecule has 0 aromatic heterocycles. The number of aromatic carboxylic acids is 1. The second-order valence-electron chi connectivity index (χ2n) is 8.57. The summed E-state index contributed by atoms with van der Waals surface area (Å²) in [5.74, 6) is -1.08. The van der Waals surface area contributed by atoms with Gasteiger partial charge in [0.1, 0.15) is 11.4 Å². The summed E-state index contributed by atoms with van der Waals surface area (Å²) >= 11 is 12.5. The van der Waals surface area contributed by atoms with E-state index in [0.717, 1.165) is 50.5 Å². The van der Waals surface area contributed by atoms with Crippen LogP contribution >= 0.6 is 23.2 Å². The fraction of sp³-hybridized carbons (Fsp3) is 0.400. The van der Waals surface area contributed by atoms with E-state index in [9.17, 15) is 14.7 Å². The number of rotatable bonds is 6. The Bertz CT molecular complexity index is 1040. The number of aliphatic imine (C=N–C) groups is 1. The van der Waals surface area contributed by atoms with Crippen molar-refractivity contribution in [1.82, 2.24) is 4.90 Å². The standard InChI is InChI=1S/C25H26Cl2N2O3/c1-2-6-21(16-7-9-17(10-8-16)24(31)32)29-23(30)22(18-13-19(26)15-20(27)14-18)28-25(29)11-4-3-5-12-25/h7-10,13-15,21H,2-6,11-12H2,1H3,(H,31,32). The molecular weight excluding hydrogens is 447 g/mol. The van der Waals surface area contributed by atoms with Gasteiger partial charge in [-0.2, -0.15) is 0 Å². The number of halogens is 2. The lowest BCUT2D eigenvalue weighted by molar-refractivity contribution is -0.132. The van der Waals surface area contributed by atoms with Crippen LogP contribution in [0, 0.1) is 0 Å². The number of carboxylic acids is 1. The minimum atomic E-state index is -0.965. The number of carbonyl (C=O) groups is 2. The molecule has 2 aromatic carbocycles. The van der Waals surface area contributed by atoms with Crippen LogP contribution in [0.5, 0.6) is 0 Å². The Labute approximate surface area is 198 Å². The highest BCUT2D eigenvalue weighted by Crippen LogP contribution is 2.45. The highest BCUT2D eigenvalue weighted by atomic mass is 35.5. The van der Waals surface area contributed by atoms with Crippen LogP contribution in [0.15, 0.2) is 47.5 Å². The van der Waals surface area contributed by atoms with E-state index < -0.39 is 11.6 Å². The fourth-order valence-electron chi connectivity index (χ4n) is 4.96. The lowest BCUT2D eigenvalue weighted by atomic mass is 9.86. The van der Waals surface area contributed by atoms with E-state index in [0.29, 0.717) is 21.3 Å². The molecule has 7 heteroatoms. The lowest BCUT2D eigenvalue weighted by Gasteiger charge is -2.44. The Hall–Kier alpha value is -2.37. The van der Waals surface area contributed by atoms with E-state index in [-0.39, 0.29) is 17.5 Å². The highest BCUT2D eigenvalue weighted by molar-refractivity contribution is 6.47. The van der Waals surface area contributed by atoms with Gasteiger partial charge in [-0.15, -0.1) is 0 Å². The summed E-state index contributed by atoms with van der Waals surface area (Å²) in [6.45, 7) is 2.09. The normalized spacial score (nSPS) is 18.7. The van der Waals surface area contributed by atoms with Crippen molar-refractivity contribution >= 4 is 40.8 Å². The maximum absolute atomic E-state index is 13.9. The van der Waals surface area contributed by atoms with Crippen molar-refractivity contribution in [2.75, 3.05) is 0 Å². The Morgan fingerprint density at radius 2 is 1.72 bits per heavy atom. The third kappa shape index (κ3) is 4.28. The largest absolute Gasteiger partial charge is 0.478 e. The molecule has 1 N–H and O–H groups in total. The molecule has 1 saturated carbocycles. The Morgan fingerprint density at radius 3 is 2.28 bits per heavy atom. The molecule has 2 aromatic rings. The third-order valence-electron chi connectivity index (χ3n) is 6.40. The molecule has 0 radical (unpaired) electrons. The summed E-state index contributed by atoms with van der Waals surface area (Å²) in [6, 6.07) is 11.8. The van der Waals surface area contributed by atoms with Crippen molar-refractivity contribution in [3.05, 3.63) is 69.2 Å². The SMILES string of the molecule is CCCC(c1ccc(C(=O)O)cc1)N1C(=O)C(c2cc(Cl)cc(Cl)c2)=NC12CCCCC2. The second kappa shape index (κ2) is 9.24. The number of hydrogen-bond acceptors (Lipinski definition) is 3. The lowest BCUT2D eigenvalue weighted by Crippen LogP contribution is -2.50. The fourth-order valence-corrected chi connectivity index (χ4v) is 5.49. The van der Waals surface area contributed by atoms with Crippen LogP contribution in [0.4, 0.5) is 0 Å². The van der Waals surface area contributed by atoms with E-state index >= 15 is 0 Å². The van der Waals surface area contributed by atoms with Crippen molar-refractivity contribution in [3.8, 4) is 0 Å². The minimum Gasteiger partial charge on any atom is -0.478 e. The van der Waals surface area contributed by atoms with Gasteiger partial charge in [-0.25, -0.2) is 4.79 Å². The molecule has 1 atom stereocenters. The van der Waals surface area contributed by atoms with Crippen molar-refractivity contribution in [1.29, 1.82) is 0 Å². The number of carboxylic acid groups (broad SMARTS) is 1. The molecule has 1 aliphatic carbocycles. The molecule has 5 nitrogen and oxygen atoms in total. The molecule has 2 aliphatic rings. The summed E-state index contributed by atoms with van der Waals surface area (Å²) in [7, 11) is 0. The first-order chi connectivity index (χ1) is 15.3. The van der Waals surface area contributed by atoms with Crippen LogP contribution in [-0.2, 0) is 4.79 Å². The molecular formula is C25H26Cl2N2O3. The first-order valence-electron chi connectivity index (χ1n) is 11.1. The highest BCUT2D eigenvalue weighted by Gasteiger charge is 2.50. The molecule has 1 aliphatic heterocycles. The molecule has 168 valence electrons. The van der Waals surface area contributed by atoms with Gasteiger partial charge in [-0.1, -0.05) is 55.1 Å². The molecule has 0 bridgehead atoms. The van der Waals surface area contributed by atoms with Crippen LogP contribution in [0.1, 0.15) is 79.4 Å². The Balaban J connectivity index is 1.79. The quantitative estimate of drug-likeness (QED) is 0.519. The number of carbonyl (C=O) groups excluding carboxylic acids is 1. The summed E-state index contributed by atoms with van der Waals surface area (Å²) in [5, 5.41) is 10.2. The topological polar surface area (TPSA) is 70.0 Å². The first-order valence-corrected chi connectivity index (χ1v) is 11.8. The number of nitrogens with zero attached hydrogens (tertiary/aromatic N) is 2. The van der Waals surface area contributed by atoms with Crippen molar-refractivity contribution < 1.29 is 14.7 Å². The van der Waals surface area contributed by atoms with Crippen molar-refractivity contribution in [2.24, 2.45) is 4.99 Å². The maximum Gasteiger partial charge on any atom is 0.335 e. The molecule has 1 heterocycles. The Morgan fingerprint density at radius 1 is 1.09 bits per heavy atom. The predicted molar refractivity (Wildman–Crippen MR) is 127 cm³/mol. The number of hydrogen-bond donors (Lipinski definition) is 1. The van der Waals surface area contributed by atoms with E-state index in [1.807, 2.05) is 17.0 Å². The van der Waals surface area contributed by atoms with E-state index in [1.165, 1.54) is 0 Å². The summed E-state index contributed by atoms with van der Waals surface area (Å²) in [6.07, 6.45) is 6.40. The monoisotopic (exact) mass is 472 g/mol. The van der Waals surface area contributed by atoms with Crippen molar-refractivity contribution in [2.45, 2.75) is 63.6 Å². The third-order valence-corrected chi connectivity index (χ3v) is 6.83. The average molecular weight is 473 g/mol. The number of amides is 1. The first kappa shape index (κ1) is 22.8. The molecule has 1 spiro atoms. The molecule has 1 fully saturated rings. The van der Waals surface area contributed by atoms with Crippen LogP contribution in [0.25, 0.3) is 0 Å². The zero-order valence-corrected chi connectivity index (χ0v) is 19.5. The van der Waals surface area contributed by atoms with Crippen LogP contribution in [0.3, 0.4) is 0 Å². The van der Waals surface area contributed by atoms with Gasteiger partial charge in [-0.05, 0) is 68.0 Å². The van der Waals surface area contributed by atoms with Crippen molar-refractivity contribution in [3.63, 3.8) is 0 Å². The summed E-state index contributed by atoms with van der Waals surface area (Å²) in [4.78, 5) is 32.2. The van der Waals surface area contributed by atoms with Gasteiger partial charge in [-0.3, -0.25) is 9.79 Å². The smallest absolute Gasteiger partial charge is 0.335 e. The van der Waals surface area contributed by atoms with Gasteiger partial charge in [0, 0.05) is 15.6 Å². The van der Waals surface area contributed by atoms with E-state index in [4.69, 9.17) is 28.2 Å². The molecule has 4 rings (SSSR count). The maximum atomic E-state index is 13.9. The van der Waals surface area contributed by atoms with Crippen LogP contribution < -0.4 is 0 Å². The summed E-state index contributed by atoms with van der Waals surface area (Å²) < 4.78 is 0. The van der Waals surface area contributed by atoms with Gasteiger partial charge >= 0.3 is 5.97 Å². The Kier molecular flexibility index (Phi) is 6.59. The summed E-state index contributed by atoms with van der Waals surface area (Å²) in [5.41, 5.74) is 1.60. The van der Waals surface area contributed by atoms with Gasteiger partial charge in [0.25, 0.3) is 5.91 Å². The van der Waals surface area contributed by atoms with E-state index in [1.54, 1.807) is 30.3 Å².